The van der Waals surface area contributed by atoms with E-state index in [0.29, 0.717) is 5.56 Å². The van der Waals surface area contributed by atoms with E-state index in [1.54, 1.807) is 20.8 Å². The lowest BCUT2D eigenvalue weighted by molar-refractivity contribution is 0.0535. The van der Waals surface area contributed by atoms with Crippen LogP contribution in [0.5, 0.6) is 0 Å². The van der Waals surface area contributed by atoms with Gasteiger partial charge >= 0.3 is 6.09 Å². The topological polar surface area (TPSA) is 64.4 Å². The minimum atomic E-state index is -0.494. The highest BCUT2D eigenvalue weighted by Gasteiger charge is 2.14. The Labute approximate surface area is 94.1 Å². The molecule has 0 aliphatic heterocycles. The van der Waals surface area contributed by atoms with Gasteiger partial charge in [-0.3, -0.25) is 0 Å². The number of alkyl carbamates (subject to hydrolysis) is 1. The molecule has 0 bridgehead atoms. The van der Waals surface area contributed by atoms with Gasteiger partial charge in [0.15, 0.2) is 0 Å². The second-order valence-corrected chi connectivity index (χ2v) is 4.07. The van der Waals surface area contributed by atoms with E-state index in [-0.39, 0.29) is 6.54 Å². The van der Waals surface area contributed by atoms with Gasteiger partial charge in [0.25, 0.3) is 0 Å². The van der Waals surface area contributed by atoms with Gasteiger partial charge in [-0.2, -0.15) is 0 Å². The molecule has 1 amide bonds. The van der Waals surface area contributed by atoms with E-state index in [1.807, 2.05) is 0 Å². The number of hydrogen-bond acceptors (Lipinski definition) is 4. The summed E-state index contributed by atoms with van der Waals surface area (Å²) in [5, 5.41) is 6.01. The van der Waals surface area contributed by atoms with E-state index >= 15 is 0 Å². The molecule has 1 N–H and O–H groups in total. The maximum absolute atomic E-state index is 11.2. The van der Waals surface area contributed by atoms with Gasteiger partial charge in [-0.25, -0.2) is 4.79 Å². The molecule has 0 unspecified atom stereocenters. The largest absolute Gasteiger partial charge is 0.444 e. The zero-order chi connectivity index (χ0) is 12.0. The first kappa shape index (κ1) is 12.1. The highest BCUT2D eigenvalue weighted by Crippen LogP contribution is 2.05. The average molecular weight is 222 g/mol. The molecule has 16 heavy (non-hydrogen) atoms. The Kier molecular flexibility index (Phi) is 3.95. The summed E-state index contributed by atoms with van der Waals surface area (Å²) in [5.74, 6) is 5.51. The average Bonchev–Trinajstić information content (AvgIpc) is 2.62. The van der Waals surface area contributed by atoms with E-state index in [4.69, 9.17) is 4.74 Å². The number of nitrogens with one attached hydrogen (secondary N) is 1. The fraction of sp³-hybridized carbons (Fsp3) is 0.455. The number of ether oxygens (including phenoxy) is 1. The van der Waals surface area contributed by atoms with Gasteiger partial charge in [-0.05, 0) is 20.8 Å². The Balaban J connectivity index is 2.28. The molecule has 1 aromatic rings. The van der Waals surface area contributed by atoms with E-state index in [9.17, 15) is 4.79 Å². The van der Waals surface area contributed by atoms with Gasteiger partial charge in [-0.1, -0.05) is 17.0 Å². The maximum atomic E-state index is 11.2. The van der Waals surface area contributed by atoms with Crippen LogP contribution in [-0.4, -0.2) is 23.4 Å². The molecule has 1 heterocycles. The van der Waals surface area contributed by atoms with Crippen molar-refractivity contribution in [2.45, 2.75) is 26.4 Å². The van der Waals surface area contributed by atoms with Crippen molar-refractivity contribution in [2.24, 2.45) is 0 Å². The van der Waals surface area contributed by atoms with Crippen molar-refractivity contribution in [3.05, 3.63) is 18.0 Å². The first-order valence-electron chi connectivity index (χ1n) is 4.82. The molecule has 0 saturated heterocycles. The smallest absolute Gasteiger partial charge is 0.408 e. The van der Waals surface area contributed by atoms with Gasteiger partial charge in [0.1, 0.15) is 11.9 Å². The lowest BCUT2D eigenvalue weighted by Gasteiger charge is -2.18. The van der Waals surface area contributed by atoms with Crippen molar-refractivity contribution >= 4 is 6.09 Å². The molecule has 1 aromatic heterocycles. The van der Waals surface area contributed by atoms with Crippen LogP contribution in [-0.2, 0) is 4.74 Å². The van der Waals surface area contributed by atoms with Gasteiger partial charge in [0.2, 0.25) is 0 Å². The van der Waals surface area contributed by atoms with Crippen LogP contribution in [0.3, 0.4) is 0 Å². The minimum Gasteiger partial charge on any atom is -0.444 e. The van der Waals surface area contributed by atoms with Crippen LogP contribution in [0.25, 0.3) is 0 Å². The molecule has 86 valence electrons. The Morgan fingerprint density at radius 3 is 2.94 bits per heavy atom. The summed E-state index contributed by atoms with van der Waals surface area (Å²) in [7, 11) is 0. The first-order valence-corrected chi connectivity index (χ1v) is 4.82. The highest BCUT2D eigenvalue weighted by atomic mass is 16.6. The van der Waals surface area contributed by atoms with Gasteiger partial charge < -0.3 is 14.6 Å². The quantitative estimate of drug-likeness (QED) is 0.732. The third-order valence-corrected chi connectivity index (χ3v) is 1.39. The summed E-state index contributed by atoms with van der Waals surface area (Å²) in [6.45, 7) is 5.63. The molecule has 0 aliphatic rings. The summed E-state index contributed by atoms with van der Waals surface area (Å²) < 4.78 is 9.62. The molecule has 0 aliphatic carbocycles. The standard InChI is InChI=1S/C11H14N2O3/c1-11(2,3)16-10(14)12-6-4-5-9-7-13-15-8-9/h7-8H,6H2,1-3H3,(H,12,14). The van der Waals surface area contributed by atoms with E-state index in [1.165, 1.54) is 12.5 Å². The molecule has 0 aromatic carbocycles. The fourth-order valence-electron chi connectivity index (χ4n) is 0.843. The zero-order valence-corrected chi connectivity index (χ0v) is 9.53. The number of amides is 1. The summed E-state index contributed by atoms with van der Waals surface area (Å²) >= 11 is 0. The predicted molar refractivity (Wildman–Crippen MR) is 57.6 cm³/mol. The number of carbonyl (C=O) groups excluding carboxylic acids is 1. The van der Waals surface area contributed by atoms with Gasteiger partial charge in [-0.15, -0.1) is 0 Å². The number of hydrogen-bond donors (Lipinski definition) is 1. The molecule has 5 heteroatoms. The second kappa shape index (κ2) is 5.21. The third-order valence-electron chi connectivity index (χ3n) is 1.39. The van der Waals surface area contributed by atoms with Crippen molar-refractivity contribution in [1.82, 2.24) is 10.5 Å². The third kappa shape index (κ3) is 5.05. The SMILES string of the molecule is CC(C)(C)OC(=O)NCC#Cc1cnoc1. The van der Waals surface area contributed by atoms with Crippen LogP contribution in [0.2, 0.25) is 0 Å². The number of rotatable bonds is 1. The second-order valence-electron chi connectivity index (χ2n) is 4.07. The molecular formula is C11H14N2O3. The van der Waals surface area contributed by atoms with Crippen molar-refractivity contribution < 1.29 is 14.1 Å². The summed E-state index contributed by atoms with van der Waals surface area (Å²) in [6.07, 6.45) is 2.45. The summed E-state index contributed by atoms with van der Waals surface area (Å²) in [4.78, 5) is 11.2. The van der Waals surface area contributed by atoms with Gasteiger partial charge in [0, 0.05) is 0 Å². The van der Waals surface area contributed by atoms with E-state index in [2.05, 4.69) is 26.8 Å². The Morgan fingerprint density at radius 2 is 2.38 bits per heavy atom. The number of nitrogens with zero attached hydrogens (tertiary/aromatic N) is 1. The van der Waals surface area contributed by atoms with Crippen molar-refractivity contribution in [3.63, 3.8) is 0 Å². The van der Waals surface area contributed by atoms with Crippen molar-refractivity contribution in [3.8, 4) is 11.8 Å². The molecule has 0 spiro atoms. The highest BCUT2D eigenvalue weighted by molar-refractivity contribution is 5.68. The van der Waals surface area contributed by atoms with Crippen LogP contribution in [0.4, 0.5) is 4.79 Å². The van der Waals surface area contributed by atoms with Crippen LogP contribution in [0.15, 0.2) is 17.0 Å². The predicted octanol–water partition coefficient (Wildman–Crippen LogP) is 1.55. The molecule has 0 radical (unpaired) electrons. The zero-order valence-electron chi connectivity index (χ0n) is 9.53. The lowest BCUT2D eigenvalue weighted by Crippen LogP contribution is -2.32. The molecule has 5 nitrogen and oxygen atoms in total. The number of aromatic nitrogens is 1. The number of carbonyl (C=O) groups is 1. The Hall–Kier alpha value is -1.96. The van der Waals surface area contributed by atoms with Gasteiger partial charge in [0.05, 0.1) is 18.3 Å². The van der Waals surface area contributed by atoms with Crippen LogP contribution in [0, 0.1) is 11.8 Å². The molecular weight excluding hydrogens is 208 g/mol. The monoisotopic (exact) mass is 222 g/mol. The summed E-state index contributed by atoms with van der Waals surface area (Å²) in [6, 6.07) is 0. The van der Waals surface area contributed by atoms with Crippen LogP contribution >= 0.6 is 0 Å². The molecule has 0 atom stereocenters. The Morgan fingerprint density at radius 1 is 1.62 bits per heavy atom. The van der Waals surface area contributed by atoms with E-state index < -0.39 is 11.7 Å². The van der Waals surface area contributed by atoms with E-state index in [0.717, 1.165) is 0 Å². The molecule has 0 fully saturated rings. The normalized spacial score (nSPS) is 10.2. The van der Waals surface area contributed by atoms with Crippen LogP contribution < -0.4 is 5.32 Å². The molecule has 0 saturated carbocycles. The maximum Gasteiger partial charge on any atom is 0.408 e. The fourth-order valence-corrected chi connectivity index (χ4v) is 0.843. The van der Waals surface area contributed by atoms with Crippen molar-refractivity contribution in [1.29, 1.82) is 0 Å². The Bertz CT molecular complexity index is 393. The first-order chi connectivity index (χ1) is 7.47. The molecule has 1 rings (SSSR count). The van der Waals surface area contributed by atoms with Crippen molar-refractivity contribution in [2.75, 3.05) is 6.54 Å². The minimum absolute atomic E-state index is 0.222. The van der Waals surface area contributed by atoms with Crippen LogP contribution in [0.1, 0.15) is 26.3 Å². The summed E-state index contributed by atoms with van der Waals surface area (Å²) in [5.41, 5.74) is 0.178. The lowest BCUT2D eigenvalue weighted by atomic mass is 10.2.